The van der Waals surface area contributed by atoms with Gasteiger partial charge in [-0.25, -0.2) is 0 Å². The summed E-state index contributed by atoms with van der Waals surface area (Å²) in [5.41, 5.74) is 0. The van der Waals surface area contributed by atoms with Crippen molar-refractivity contribution in [2.24, 2.45) is 0 Å². The monoisotopic (exact) mass is 711 g/mol. The van der Waals surface area contributed by atoms with Gasteiger partial charge in [0.25, 0.3) is 0 Å². The maximum Gasteiger partial charge on any atom is 0.306 e. The number of unbranched alkanes of at least 4 members (excludes halogenated alkanes) is 19. The molecule has 0 heterocycles. The predicted octanol–water partition coefficient (Wildman–Crippen LogP) is 14.2. The molecule has 1 N–H and O–H groups in total. The van der Waals surface area contributed by atoms with E-state index in [-0.39, 0.29) is 19.2 Å². The van der Waals surface area contributed by atoms with Crippen molar-refractivity contribution < 1.29 is 19.4 Å². The lowest BCUT2D eigenvalue weighted by Gasteiger charge is -2.15. The molecule has 0 saturated carbocycles. The van der Waals surface area contributed by atoms with E-state index in [1.54, 1.807) is 0 Å². The first-order chi connectivity index (χ1) is 25.2. The third-order valence-corrected chi connectivity index (χ3v) is 9.03. The third-order valence-electron chi connectivity index (χ3n) is 9.03. The Morgan fingerprint density at radius 1 is 0.490 bits per heavy atom. The van der Waals surface area contributed by atoms with Crippen LogP contribution in [0.5, 0.6) is 0 Å². The quantitative estimate of drug-likeness (QED) is 0.0392. The van der Waals surface area contributed by atoms with Crippen molar-refractivity contribution in [1.82, 2.24) is 0 Å². The second kappa shape index (κ2) is 44.0. The summed E-state index contributed by atoms with van der Waals surface area (Å²) in [5, 5.41) is 9.58. The van der Waals surface area contributed by atoms with Crippen LogP contribution in [0.25, 0.3) is 0 Å². The molecule has 1 atom stereocenters. The minimum absolute atomic E-state index is 0.205. The molecule has 0 spiro atoms. The van der Waals surface area contributed by atoms with Gasteiger partial charge in [0.2, 0.25) is 0 Å². The van der Waals surface area contributed by atoms with Gasteiger partial charge in [-0.2, -0.15) is 0 Å². The summed E-state index contributed by atoms with van der Waals surface area (Å²) in [6.07, 6.45) is 59.9. The lowest BCUT2D eigenvalue weighted by Crippen LogP contribution is -2.27. The van der Waals surface area contributed by atoms with Crippen molar-refractivity contribution in [3.8, 4) is 0 Å². The van der Waals surface area contributed by atoms with Crippen LogP contribution in [-0.2, 0) is 14.3 Å². The lowest BCUT2D eigenvalue weighted by molar-refractivity contribution is -0.154. The van der Waals surface area contributed by atoms with Gasteiger partial charge in [-0.3, -0.25) is 4.79 Å². The van der Waals surface area contributed by atoms with Gasteiger partial charge < -0.3 is 14.6 Å². The molecule has 1 unspecified atom stereocenters. The molecule has 0 saturated heterocycles. The number of hydrogen-bond donors (Lipinski definition) is 1. The van der Waals surface area contributed by atoms with Crippen LogP contribution < -0.4 is 0 Å². The van der Waals surface area contributed by atoms with Crippen molar-refractivity contribution in [2.75, 3.05) is 19.8 Å². The van der Waals surface area contributed by atoms with Gasteiger partial charge in [0.1, 0.15) is 6.10 Å². The van der Waals surface area contributed by atoms with Crippen LogP contribution in [0.3, 0.4) is 0 Å². The molecule has 4 heteroatoms. The first kappa shape index (κ1) is 48.8. The highest BCUT2D eigenvalue weighted by atomic mass is 16.6. The summed E-state index contributed by atoms with van der Waals surface area (Å²) in [4.78, 5) is 12.2. The number of ether oxygens (including phenoxy) is 2. The maximum absolute atomic E-state index is 12.2. The Bertz CT molecular complexity index is 881. The number of aliphatic hydroxyl groups excluding tert-OH is 1. The van der Waals surface area contributed by atoms with Gasteiger partial charge in [-0.05, 0) is 70.6 Å². The summed E-state index contributed by atoms with van der Waals surface area (Å²) < 4.78 is 11.1. The fraction of sp³-hybridized carbons (Fsp3) is 0.723. The summed E-state index contributed by atoms with van der Waals surface area (Å²) in [6.45, 7) is 5.03. The van der Waals surface area contributed by atoms with Crippen molar-refractivity contribution >= 4 is 5.97 Å². The third kappa shape index (κ3) is 42.1. The number of aliphatic hydroxyl groups is 1. The van der Waals surface area contributed by atoms with Crippen molar-refractivity contribution in [3.05, 3.63) is 72.9 Å². The summed E-state index contributed by atoms with van der Waals surface area (Å²) in [7, 11) is 0. The van der Waals surface area contributed by atoms with E-state index in [1.807, 2.05) is 0 Å². The SMILES string of the molecule is CC/C=C\C/C=C\C/C=C\C/C=C\C/C=C\CCOCC(CO)OC(=O)CCCCCCCCCCCCC/C=C\CCCCCCCCCC. The zero-order valence-corrected chi connectivity index (χ0v) is 33.6. The Morgan fingerprint density at radius 2 is 0.882 bits per heavy atom. The van der Waals surface area contributed by atoms with E-state index in [0.717, 1.165) is 51.4 Å². The van der Waals surface area contributed by atoms with Gasteiger partial charge in [0.15, 0.2) is 0 Å². The molecule has 0 fully saturated rings. The molecule has 0 aliphatic heterocycles. The molecule has 0 bridgehead atoms. The van der Waals surface area contributed by atoms with Crippen LogP contribution in [0.4, 0.5) is 0 Å². The van der Waals surface area contributed by atoms with E-state index in [2.05, 4.69) is 86.8 Å². The maximum atomic E-state index is 12.2. The molecule has 294 valence electrons. The van der Waals surface area contributed by atoms with Crippen LogP contribution in [0.15, 0.2) is 72.9 Å². The number of esters is 1. The molecule has 0 rings (SSSR count). The van der Waals surface area contributed by atoms with E-state index >= 15 is 0 Å². The number of carbonyl (C=O) groups excluding carboxylic acids is 1. The zero-order chi connectivity index (χ0) is 37.0. The Hall–Kier alpha value is -2.17. The van der Waals surface area contributed by atoms with Crippen LogP contribution in [-0.4, -0.2) is 37.0 Å². The lowest BCUT2D eigenvalue weighted by atomic mass is 10.0. The average molecular weight is 711 g/mol. The van der Waals surface area contributed by atoms with Gasteiger partial charge in [-0.1, -0.05) is 189 Å². The number of carbonyl (C=O) groups is 1. The average Bonchev–Trinajstić information content (AvgIpc) is 3.14. The van der Waals surface area contributed by atoms with Gasteiger partial charge in [0.05, 0.1) is 19.8 Å². The number of allylic oxidation sites excluding steroid dienone is 11. The fourth-order valence-corrected chi connectivity index (χ4v) is 5.86. The first-order valence-electron chi connectivity index (χ1n) is 21.5. The minimum atomic E-state index is -0.577. The Morgan fingerprint density at radius 3 is 1.33 bits per heavy atom. The highest BCUT2D eigenvalue weighted by Gasteiger charge is 2.13. The summed E-state index contributed by atoms with van der Waals surface area (Å²) >= 11 is 0. The van der Waals surface area contributed by atoms with Crippen LogP contribution in [0, 0.1) is 0 Å². The second-order valence-corrected chi connectivity index (χ2v) is 14.0. The summed E-state index contributed by atoms with van der Waals surface area (Å²) in [5.74, 6) is -0.227. The van der Waals surface area contributed by atoms with E-state index in [0.29, 0.717) is 13.0 Å². The van der Waals surface area contributed by atoms with E-state index in [1.165, 1.54) is 122 Å². The van der Waals surface area contributed by atoms with Crippen molar-refractivity contribution in [1.29, 1.82) is 0 Å². The standard InChI is InChI=1S/C47H82O4/c1-3-5-7-9-11-13-15-17-19-21-22-23-24-25-26-27-28-30-32-34-36-38-40-42-47(49)51-46(44-48)45-50-43-41-39-37-35-33-31-29-20-18-16-14-12-10-8-6-4-2/h6,8,12,14,18,20-22,31,33,37,39,46,48H,3-5,7,9-11,13,15-17,19,23-30,32,34-36,38,40-45H2,1-2H3/b8-6-,14-12-,20-18-,22-21-,33-31-,39-37-. The number of rotatable bonds is 39. The highest BCUT2D eigenvalue weighted by Crippen LogP contribution is 2.14. The van der Waals surface area contributed by atoms with Gasteiger partial charge >= 0.3 is 5.97 Å². The van der Waals surface area contributed by atoms with E-state index < -0.39 is 6.10 Å². The smallest absolute Gasteiger partial charge is 0.306 e. The largest absolute Gasteiger partial charge is 0.457 e. The van der Waals surface area contributed by atoms with E-state index in [9.17, 15) is 9.90 Å². The molecule has 0 amide bonds. The van der Waals surface area contributed by atoms with Crippen molar-refractivity contribution in [2.45, 2.75) is 200 Å². The van der Waals surface area contributed by atoms with Crippen LogP contribution in [0.1, 0.15) is 194 Å². The van der Waals surface area contributed by atoms with E-state index in [4.69, 9.17) is 9.47 Å². The predicted molar refractivity (Wildman–Crippen MR) is 223 cm³/mol. The van der Waals surface area contributed by atoms with Crippen molar-refractivity contribution in [3.63, 3.8) is 0 Å². The first-order valence-corrected chi connectivity index (χ1v) is 21.5. The molecular weight excluding hydrogens is 629 g/mol. The normalized spacial score (nSPS) is 13.1. The Labute approximate surface area is 317 Å². The zero-order valence-electron chi connectivity index (χ0n) is 33.6. The van der Waals surface area contributed by atoms with Gasteiger partial charge in [0, 0.05) is 6.42 Å². The molecular formula is C47H82O4. The topological polar surface area (TPSA) is 55.8 Å². The number of hydrogen-bond acceptors (Lipinski definition) is 4. The molecule has 0 aromatic rings. The van der Waals surface area contributed by atoms with Crippen LogP contribution >= 0.6 is 0 Å². The Balaban J connectivity index is 3.51. The van der Waals surface area contributed by atoms with Crippen LogP contribution in [0.2, 0.25) is 0 Å². The molecule has 0 radical (unpaired) electrons. The fourth-order valence-electron chi connectivity index (χ4n) is 5.86. The highest BCUT2D eigenvalue weighted by molar-refractivity contribution is 5.69. The van der Waals surface area contributed by atoms with Gasteiger partial charge in [-0.15, -0.1) is 0 Å². The molecule has 0 aliphatic carbocycles. The Kier molecular flexibility index (Phi) is 42.1. The molecule has 0 aromatic carbocycles. The molecule has 0 aromatic heterocycles. The molecule has 51 heavy (non-hydrogen) atoms. The minimum Gasteiger partial charge on any atom is -0.457 e. The summed E-state index contributed by atoms with van der Waals surface area (Å²) in [6, 6.07) is 0. The second-order valence-electron chi connectivity index (χ2n) is 14.0. The molecule has 0 aliphatic rings. The molecule has 4 nitrogen and oxygen atoms in total.